The molecule has 0 spiro atoms. The second kappa shape index (κ2) is 9.71. The van der Waals surface area contributed by atoms with Crippen LogP contribution in [0.5, 0.6) is 0 Å². The Morgan fingerprint density at radius 1 is 1.07 bits per heavy atom. The molecule has 2 atom stereocenters. The highest BCUT2D eigenvalue weighted by atomic mass is 35.5. The van der Waals surface area contributed by atoms with E-state index in [1.165, 1.54) is 0 Å². The normalized spacial score (nSPS) is 18.8. The van der Waals surface area contributed by atoms with Crippen LogP contribution in [0.3, 0.4) is 0 Å². The highest BCUT2D eigenvalue weighted by Crippen LogP contribution is 2.29. The summed E-state index contributed by atoms with van der Waals surface area (Å²) in [4.78, 5) is 27.3. The van der Waals surface area contributed by atoms with Crippen molar-refractivity contribution >= 4 is 46.4 Å². The smallest absolute Gasteiger partial charge is 0.253 e. The summed E-state index contributed by atoms with van der Waals surface area (Å²) >= 11 is 12.1. The third-order valence-corrected chi connectivity index (χ3v) is 6.12. The standard InChI is InChI=1S/C23H27Cl2N3O2/c1-14-9-15(2)13-28(12-14)23(30)17-8-7-16(3)20(10-17)26-11-21(29)27-19-6-4-5-18(24)22(19)25/h4-8,10,14-15,26H,9,11-13H2,1-3H3,(H,27,29). The minimum absolute atomic E-state index is 0.0339. The number of carbonyl (C=O) groups excluding carboxylic acids is 2. The van der Waals surface area contributed by atoms with Gasteiger partial charge in [0.25, 0.3) is 5.91 Å². The number of hydrogen-bond acceptors (Lipinski definition) is 3. The number of nitrogens with one attached hydrogen (secondary N) is 2. The lowest BCUT2D eigenvalue weighted by atomic mass is 9.91. The van der Waals surface area contributed by atoms with Crippen molar-refractivity contribution in [3.63, 3.8) is 0 Å². The van der Waals surface area contributed by atoms with Gasteiger partial charge in [0.1, 0.15) is 0 Å². The molecule has 7 heteroatoms. The Morgan fingerprint density at radius 2 is 1.77 bits per heavy atom. The monoisotopic (exact) mass is 447 g/mol. The lowest BCUT2D eigenvalue weighted by Gasteiger charge is -2.35. The maximum atomic E-state index is 13.0. The summed E-state index contributed by atoms with van der Waals surface area (Å²) < 4.78 is 0. The van der Waals surface area contributed by atoms with E-state index in [4.69, 9.17) is 23.2 Å². The molecule has 0 saturated carbocycles. The number of likely N-dealkylation sites (tertiary alicyclic amines) is 1. The number of carbonyl (C=O) groups is 2. The van der Waals surface area contributed by atoms with Crippen LogP contribution in [0.25, 0.3) is 0 Å². The van der Waals surface area contributed by atoms with Crippen molar-refractivity contribution in [2.24, 2.45) is 11.8 Å². The summed E-state index contributed by atoms with van der Waals surface area (Å²) in [6.07, 6.45) is 1.15. The molecule has 160 valence electrons. The number of halogens is 2. The Morgan fingerprint density at radius 3 is 2.47 bits per heavy atom. The van der Waals surface area contributed by atoms with E-state index in [9.17, 15) is 9.59 Å². The molecule has 0 bridgehead atoms. The van der Waals surface area contributed by atoms with Gasteiger partial charge in [0.2, 0.25) is 5.91 Å². The zero-order valence-electron chi connectivity index (χ0n) is 17.5. The van der Waals surface area contributed by atoms with Crippen molar-refractivity contribution < 1.29 is 9.59 Å². The van der Waals surface area contributed by atoms with E-state index in [0.717, 1.165) is 30.8 Å². The zero-order chi connectivity index (χ0) is 21.8. The molecule has 3 rings (SSSR count). The van der Waals surface area contributed by atoms with E-state index in [2.05, 4.69) is 24.5 Å². The lowest BCUT2D eigenvalue weighted by molar-refractivity contribution is -0.114. The largest absolute Gasteiger partial charge is 0.376 e. The molecule has 0 aromatic heterocycles. The van der Waals surface area contributed by atoms with E-state index in [1.54, 1.807) is 18.2 Å². The first-order valence-corrected chi connectivity index (χ1v) is 10.9. The molecule has 1 saturated heterocycles. The fourth-order valence-corrected chi connectivity index (χ4v) is 4.27. The quantitative estimate of drug-likeness (QED) is 0.638. The first kappa shape index (κ1) is 22.4. The van der Waals surface area contributed by atoms with Crippen molar-refractivity contribution in [1.29, 1.82) is 0 Å². The second-order valence-electron chi connectivity index (χ2n) is 8.19. The first-order chi connectivity index (χ1) is 14.2. The predicted octanol–water partition coefficient (Wildman–Crippen LogP) is 5.47. The van der Waals surface area contributed by atoms with Gasteiger partial charge >= 0.3 is 0 Å². The van der Waals surface area contributed by atoms with Gasteiger partial charge in [-0.05, 0) is 55.0 Å². The van der Waals surface area contributed by atoms with Gasteiger partial charge in [-0.2, -0.15) is 0 Å². The molecule has 1 aliphatic rings. The third kappa shape index (κ3) is 5.46. The van der Waals surface area contributed by atoms with Gasteiger partial charge in [-0.15, -0.1) is 0 Å². The Balaban J connectivity index is 1.66. The van der Waals surface area contributed by atoms with Crippen molar-refractivity contribution in [1.82, 2.24) is 4.90 Å². The van der Waals surface area contributed by atoms with Crippen LogP contribution in [0.2, 0.25) is 10.0 Å². The molecule has 2 N–H and O–H groups in total. The average Bonchev–Trinajstić information content (AvgIpc) is 2.69. The van der Waals surface area contributed by atoms with Gasteiger partial charge in [0.15, 0.2) is 0 Å². The van der Waals surface area contributed by atoms with Crippen LogP contribution in [0.1, 0.15) is 36.2 Å². The van der Waals surface area contributed by atoms with E-state index < -0.39 is 0 Å². The van der Waals surface area contributed by atoms with Gasteiger partial charge < -0.3 is 15.5 Å². The molecule has 2 aromatic carbocycles. The summed E-state index contributed by atoms with van der Waals surface area (Å²) in [5.74, 6) is 0.783. The molecule has 2 aromatic rings. The van der Waals surface area contributed by atoms with Crippen LogP contribution in [0.4, 0.5) is 11.4 Å². The Kier molecular flexibility index (Phi) is 7.27. The second-order valence-corrected chi connectivity index (χ2v) is 8.97. The number of benzene rings is 2. The van der Waals surface area contributed by atoms with E-state index in [1.807, 2.05) is 30.0 Å². The summed E-state index contributed by atoms with van der Waals surface area (Å²) in [5.41, 5.74) is 2.81. The van der Waals surface area contributed by atoms with E-state index in [0.29, 0.717) is 33.1 Å². The van der Waals surface area contributed by atoms with E-state index in [-0.39, 0.29) is 18.4 Å². The number of amides is 2. The molecule has 1 heterocycles. The number of anilines is 2. The summed E-state index contributed by atoms with van der Waals surface area (Å²) in [5, 5.41) is 6.56. The maximum Gasteiger partial charge on any atom is 0.253 e. The molecule has 1 fully saturated rings. The summed E-state index contributed by atoms with van der Waals surface area (Å²) in [6, 6.07) is 10.6. The average molecular weight is 448 g/mol. The van der Waals surface area contributed by atoms with Crippen LogP contribution in [-0.4, -0.2) is 36.3 Å². The molecule has 2 unspecified atom stereocenters. The number of piperidine rings is 1. The Bertz CT molecular complexity index is 938. The number of hydrogen-bond donors (Lipinski definition) is 2. The topological polar surface area (TPSA) is 61.4 Å². The van der Waals surface area contributed by atoms with Gasteiger partial charge in [0, 0.05) is 24.3 Å². The van der Waals surface area contributed by atoms with Gasteiger partial charge in [-0.3, -0.25) is 9.59 Å². The third-order valence-electron chi connectivity index (χ3n) is 5.31. The minimum atomic E-state index is -0.256. The summed E-state index contributed by atoms with van der Waals surface area (Å²) in [6.45, 7) is 7.91. The zero-order valence-corrected chi connectivity index (χ0v) is 19.0. The highest BCUT2D eigenvalue weighted by Gasteiger charge is 2.26. The van der Waals surface area contributed by atoms with E-state index >= 15 is 0 Å². The van der Waals surface area contributed by atoms with Gasteiger partial charge in [-0.25, -0.2) is 0 Å². The van der Waals surface area contributed by atoms with Crippen molar-refractivity contribution in [2.75, 3.05) is 30.3 Å². The lowest BCUT2D eigenvalue weighted by Crippen LogP contribution is -2.42. The molecular weight excluding hydrogens is 421 g/mol. The highest BCUT2D eigenvalue weighted by molar-refractivity contribution is 6.44. The number of nitrogens with zero attached hydrogens (tertiary/aromatic N) is 1. The van der Waals surface area contributed by atoms with Gasteiger partial charge in [0.05, 0.1) is 22.3 Å². The molecule has 0 radical (unpaired) electrons. The molecule has 5 nitrogen and oxygen atoms in total. The number of aryl methyl sites for hydroxylation is 1. The molecule has 1 aliphatic heterocycles. The fraction of sp³-hybridized carbons (Fsp3) is 0.391. The maximum absolute atomic E-state index is 13.0. The van der Waals surface area contributed by atoms with Gasteiger partial charge in [-0.1, -0.05) is 49.2 Å². The number of rotatable bonds is 5. The van der Waals surface area contributed by atoms with Crippen LogP contribution in [-0.2, 0) is 4.79 Å². The fourth-order valence-electron chi connectivity index (χ4n) is 3.93. The van der Waals surface area contributed by atoms with Crippen LogP contribution >= 0.6 is 23.2 Å². The van der Waals surface area contributed by atoms with Crippen LogP contribution < -0.4 is 10.6 Å². The molecule has 30 heavy (non-hydrogen) atoms. The van der Waals surface area contributed by atoms with Crippen LogP contribution in [0, 0.1) is 18.8 Å². The Labute approximate surface area is 187 Å². The Hall–Kier alpha value is -2.24. The van der Waals surface area contributed by atoms with Crippen molar-refractivity contribution in [2.45, 2.75) is 27.2 Å². The molecular formula is C23H27Cl2N3O2. The SMILES string of the molecule is Cc1ccc(C(=O)N2CC(C)CC(C)C2)cc1NCC(=O)Nc1cccc(Cl)c1Cl. The molecule has 2 amide bonds. The predicted molar refractivity (Wildman–Crippen MR) is 124 cm³/mol. The van der Waals surface area contributed by atoms with Crippen LogP contribution in [0.15, 0.2) is 36.4 Å². The molecule has 0 aliphatic carbocycles. The summed E-state index contributed by atoms with van der Waals surface area (Å²) in [7, 11) is 0. The minimum Gasteiger partial charge on any atom is -0.376 e. The van der Waals surface area contributed by atoms with Crippen molar-refractivity contribution in [3.05, 3.63) is 57.6 Å². The van der Waals surface area contributed by atoms with Crippen molar-refractivity contribution in [3.8, 4) is 0 Å². The first-order valence-electron chi connectivity index (χ1n) is 10.1.